The first-order valence-electron chi connectivity index (χ1n) is 14.4. The Morgan fingerprint density at radius 2 is 1.64 bits per heavy atom. The molecule has 1 atom stereocenters. The summed E-state index contributed by atoms with van der Waals surface area (Å²) >= 11 is 0. The predicted molar refractivity (Wildman–Crippen MR) is 140 cm³/mol. The molecule has 0 radical (unpaired) electrons. The number of nitrogens with one attached hydrogen (secondary N) is 2. The summed E-state index contributed by atoms with van der Waals surface area (Å²) in [5, 5.41) is 9.88. The summed E-state index contributed by atoms with van der Waals surface area (Å²) in [6, 6.07) is 1.68. The maximum Gasteiger partial charge on any atom is 0.329 e. The Morgan fingerprint density at radius 3 is 2.24 bits per heavy atom. The molecule has 2 amide bonds. The van der Waals surface area contributed by atoms with Gasteiger partial charge in [0.25, 0.3) is 5.91 Å². The van der Waals surface area contributed by atoms with Gasteiger partial charge in [-0.2, -0.15) is 17.6 Å². The number of ether oxygens (including phenoxy) is 1. The highest BCUT2D eigenvalue weighted by Gasteiger charge is 2.65. The molecular formula is C28H29F7N6O4. The number of benzene rings is 1. The molecule has 1 unspecified atom stereocenters. The number of aryl methyl sites for hydroxylation is 1. The summed E-state index contributed by atoms with van der Waals surface area (Å²) < 4.78 is 111. The summed E-state index contributed by atoms with van der Waals surface area (Å²) in [5.74, 6) is -15.0. The van der Waals surface area contributed by atoms with Crippen LogP contribution in [0.25, 0.3) is 11.0 Å². The zero-order valence-corrected chi connectivity index (χ0v) is 23.9. The molecule has 0 bridgehead atoms. The zero-order valence-electron chi connectivity index (χ0n) is 23.9. The van der Waals surface area contributed by atoms with E-state index in [-0.39, 0.29) is 72.7 Å². The van der Waals surface area contributed by atoms with Crippen LogP contribution in [0.5, 0.6) is 0 Å². The summed E-state index contributed by atoms with van der Waals surface area (Å²) in [6.07, 6.45) is -1.15. The van der Waals surface area contributed by atoms with Gasteiger partial charge in [-0.25, -0.2) is 22.8 Å². The number of amides is 2. The quantitative estimate of drug-likeness (QED) is 0.367. The first kappa shape index (κ1) is 31.2. The molecule has 3 aliphatic rings. The van der Waals surface area contributed by atoms with Crippen molar-refractivity contribution in [3.8, 4) is 0 Å². The van der Waals surface area contributed by atoms with Gasteiger partial charge in [-0.05, 0) is 49.7 Å². The molecule has 1 aliphatic carbocycles. The van der Waals surface area contributed by atoms with Gasteiger partial charge in [0.05, 0.1) is 30.1 Å². The number of hydrogen-bond donors (Lipinski definition) is 2. The van der Waals surface area contributed by atoms with Crippen molar-refractivity contribution in [3.63, 3.8) is 0 Å². The predicted octanol–water partition coefficient (Wildman–Crippen LogP) is 4.85. The molecule has 10 nitrogen and oxygen atoms in total. The van der Waals surface area contributed by atoms with Crippen LogP contribution < -0.4 is 5.32 Å². The molecule has 0 spiro atoms. The number of carbonyl (C=O) groups excluding carboxylic acids is 2. The Labute approximate surface area is 251 Å². The molecule has 6 rings (SSSR count). The van der Waals surface area contributed by atoms with Crippen molar-refractivity contribution < 1.29 is 49.7 Å². The fraction of sp³-hybridized carbons (Fsp3) is 0.607. The van der Waals surface area contributed by atoms with E-state index in [9.17, 15) is 35.9 Å². The number of aromatic amines is 1. The van der Waals surface area contributed by atoms with Crippen LogP contribution in [0.3, 0.4) is 0 Å². The fourth-order valence-corrected chi connectivity index (χ4v) is 6.56. The normalized spacial score (nSPS) is 23.2. The largest absolute Gasteiger partial charge is 0.381 e. The fourth-order valence-electron chi connectivity index (χ4n) is 6.56. The van der Waals surface area contributed by atoms with Crippen LogP contribution in [0.1, 0.15) is 72.1 Å². The second-order valence-corrected chi connectivity index (χ2v) is 12.1. The molecule has 45 heavy (non-hydrogen) atoms. The van der Waals surface area contributed by atoms with Crippen LogP contribution in [-0.2, 0) is 14.9 Å². The van der Waals surface area contributed by atoms with E-state index < -0.39 is 78.7 Å². The van der Waals surface area contributed by atoms with Crippen molar-refractivity contribution >= 4 is 22.8 Å². The number of imidazole rings is 1. The third-order valence-electron chi connectivity index (χ3n) is 9.17. The van der Waals surface area contributed by atoms with Crippen LogP contribution in [0.15, 0.2) is 16.8 Å². The minimum absolute atomic E-state index is 0.0154. The molecule has 2 aliphatic heterocycles. The van der Waals surface area contributed by atoms with Crippen molar-refractivity contribution in [1.29, 1.82) is 0 Å². The number of aromatic nitrogens is 4. The van der Waals surface area contributed by atoms with E-state index in [0.29, 0.717) is 4.90 Å². The lowest BCUT2D eigenvalue weighted by Crippen LogP contribution is -2.50. The number of likely N-dealkylation sites (tertiary alicyclic amines) is 1. The minimum Gasteiger partial charge on any atom is -0.381 e. The summed E-state index contributed by atoms with van der Waals surface area (Å²) in [5.41, 5.74) is -2.09. The van der Waals surface area contributed by atoms with E-state index in [1.165, 1.54) is 19.1 Å². The Morgan fingerprint density at radius 1 is 1.00 bits per heavy atom. The molecule has 1 aromatic carbocycles. The summed E-state index contributed by atoms with van der Waals surface area (Å²) in [7, 11) is 0. The highest BCUT2D eigenvalue weighted by Crippen LogP contribution is 2.46. The molecule has 2 saturated heterocycles. The SMILES string of the molecule is Cc1nonc1C(=O)NC(c1nc2c(F)c(C3(C(=O)N4CC(F)(F)C(F)(F)C4)CCOCC3)ccc2[nH]1)C1CCC(F)(F)CC1. The van der Waals surface area contributed by atoms with Crippen LogP contribution >= 0.6 is 0 Å². The van der Waals surface area contributed by atoms with Gasteiger partial charge in [0.1, 0.15) is 17.0 Å². The number of nitrogens with zero attached hydrogens (tertiary/aromatic N) is 4. The van der Waals surface area contributed by atoms with E-state index in [2.05, 4.69) is 30.2 Å². The second-order valence-electron chi connectivity index (χ2n) is 12.1. The van der Waals surface area contributed by atoms with Gasteiger partial charge in [-0.15, -0.1) is 0 Å². The van der Waals surface area contributed by atoms with Gasteiger partial charge in [0, 0.05) is 31.6 Å². The van der Waals surface area contributed by atoms with E-state index >= 15 is 4.39 Å². The summed E-state index contributed by atoms with van der Waals surface area (Å²) in [6.45, 7) is -1.64. The van der Waals surface area contributed by atoms with Crippen molar-refractivity contribution in [1.82, 2.24) is 30.5 Å². The van der Waals surface area contributed by atoms with Crippen LogP contribution in [0.4, 0.5) is 30.7 Å². The number of fused-ring (bicyclic) bond motifs is 1. The van der Waals surface area contributed by atoms with E-state index in [0.717, 1.165) is 0 Å². The molecule has 17 heteroatoms. The number of hydrogen-bond acceptors (Lipinski definition) is 7. The topological polar surface area (TPSA) is 126 Å². The van der Waals surface area contributed by atoms with Gasteiger partial charge in [0.2, 0.25) is 11.8 Å². The lowest BCUT2D eigenvalue weighted by atomic mass is 9.72. The molecule has 3 fully saturated rings. The van der Waals surface area contributed by atoms with Crippen molar-refractivity contribution in [2.45, 2.75) is 74.7 Å². The van der Waals surface area contributed by atoms with Gasteiger partial charge in [-0.3, -0.25) is 9.59 Å². The van der Waals surface area contributed by atoms with Crippen molar-refractivity contribution in [2.75, 3.05) is 26.3 Å². The lowest BCUT2D eigenvalue weighted by molar-refractivity contribution is -0.172. The minimum atomic E-state index is -4.45. The maximum atomic E-state index is 16.4. The van der Waals surface area contributed by atoms with Gasteiger partial charge >= 0.3 is 11.8 Å². The third kappa shape index (κ3) is 5.42. The highest BCUT2D eigenvalue weighted by atomic mass is 19.3. The third-order valence-corrected chi connectivity index (χ3v) is 9.17. The highest BCUT2D eigenvalue weighted by molar-refractivity contribution is 5.93. The number of carbonyl (C=O) groups is 2. The van der Waals surface area contributed by atoms with Crippen molar-refractivity contribution in [3.05, 3.63) is 40.7 Å². The Bertz CT molecular complexity index is 1590. The summed E-state index contributed by atoms with van der Waals surface area (Å²) in [4.78, 5) is 34.5. The molecule has 1 saturated carbocycles. The molecule has 2 aromatic heterocycles. The molecule has 244 valence electrons. The number of H-pyrrole nitrogens is 1. The first-order chi connectivity index (χ1) is 21.1. The smallest absolute Gasteiger partial charge is 0.329 e. The van der Waals surface area contributed by atoms with E-state index in [4.69, 9.17) is 4.74 Å². The Balaban J connectivity index is 1.38. The Kier molecular flexibility index (Phi) is 7.60. The molecular weight excluding hydrogens is 617 g/mol. The van der Waals surface area contributed by atoms with Crippen LogP contribution in [0, 0.1) is 18.7 Å². The number of alkyl halides is 6. The standard InChI is InChI=1S/C28H29F7N6O4/c1-14-19(40-45-39-14)23(42)38-20(15-4-6-26(30,31)7-5-15)22-36-17-3-2-16(18(29)21(17)37-22)25(8-10-44-11-9-25)24(43)41-12-27(32,33)28(34,35)13-41/h2-3,15,20H,4-13H2,1H3,(H,36,37)(H,38,42). The van der Waals surface area contributed by atoms with Gasteiger partial charge in [-0.1, -0.05) is 11.2 Å². The van der Waals surface area contributed by atoms with Gasteiger partial charge in [0.15, 0.2) is 11.5 Å². The lowest BCUT2D eigenvalue weighted by Gasteiger charge is -2.39. The monoisotopic (exact) mass is 646 g/mol. The maximum absolute atomic E-state index is 16.4. The Hall–Kier alpha value is -3.76. The average Bonchev–Trinajstić information content (AvgIpc) is 3.67. The molecule has 3 aromatic rings. The van der Waals surface area contributed by atoms with Crippen LogP contribution in [-0.4, -0.2) is 81.1 Å². The van der Waals surface area contributed by atoms with Gasteiger partial charge < -0.3 is 19.9 Å². The first-order valence-corrected chi connectivity index (χ1v) is 14.4. The van der Waals surface area contributed by atoms with E-state index in [1.54, 1.807) is 0 Å². The van der Waals surface area contributed by atoms with Crippen molar-refractivity contribution in [2.24, 2.45) is 5.92 Å². The number of halogens is 7. The number of rotatable bonds is 6. The zero-order chi connectivity index (χ0) is 32.4. The van der Waals surface area contributed by atoms with E-state index in [1.807, 2.05) is 0 Å². The van der Waals surface area contributed by atoms with Crippen LogP contribution in [0.2, 0.25) is 0 Å². The second kappa shape index (κ2) is 10.9. The molecule has 2 N–H and O–H groups in total. The molecule has 4 heterocycles. The average molecular weight is 647 g/mol.